The van der Waals surface area contributed by atoms with Crippen molar-refractivity contribution in [2.75, 3.05) is 39.6 Å². The third-order valence-corrected chi connectivity index (χ3v) is 7.33. The fourth-order valence-electron chi connectivity index (χ4n) is 2.66. The van der Waals surface area contributed by atoms with Gasteiger partial charge in [-0.05, 0) is 104 Å². The van der Waals surface area contributed by atoms with Crippen LogP contribution < -0.4 is 5.73 Å². The smallest absolute Gasteiger partial charge is 0.220 e. The molecule has 0 radical (unpaired) electrons. The van der Waals surface area contributed by atoms with Crippen molar-refractivity contribution in [3.05, 3.63) is 52.2 Å². The van der Waals surface area contributed by atoms with Gasteiger partial charge in [-0.1, -0.05) is 26.2 Å². The van der Waals surface area contributed by atoms with Gasteiger partial charge in [-0.25, -0.2) is 0 Å². The van der Waals surface area contributed by atoms with Crippen molar-refractivity contribution in [3.8, 4) is 0 Å². The summed E-state index contributed by atoms with van der Waals surface area (Å²) in [7, 11) is 0. The number of carbonyl (C=O) groups excluding carboxylic acids is 1. The minimum atomic E-state index is -0.733. The van der Waals surface area contributed by atoms with Gasteiger partial charge in [0.2, 0.25) is 11.6 Å². The first-order chi connectivity index (χ1) is 18.4. The summed E-state index contributed by atoms with van der Waals surface area (Å²) < 4.78 is 36.4. The first-order valence-corrected chi connectivity index (χ1v) is 14.2. The van der Waals surface area contributed by atoms with E-state index in [-0.39, 0.29) is 13.2 Å². The van der Waals surface area contributed by atoms with E-state index in [9.17, 15) is 4.79 Å². The molecule has 4 heterocycles. The van der Waals surface area contributed by atoms with Crippen LogP contribution in [0.25, 0.3) is 0 Å². The van der Waals surface area contributed by atoms with E-state index in [1.807, 2.05) is 55.4 Å². The largest absolute Gasteiger partial charge is 0.402 e. The van der Waals surface area contributed by atoms with Crippen molar-refractivity contribution in [3.63, 3.8) is 0 Å². The molecular weight excluding hydrogens is 544 g/mol. The second kappa shape index (κ2) is 19.3. The van der Waals surface area contributed by atoms with E-state index in [1.54, 1.807) is 6.92 Å². The summed E-state index contributed by atoms with van der Waals surface area (Å²) in [6.07, 6.45) is 0. The molecule has 41 heavy (non-hydrogen) atoms. The Morgan fingerprint density at radius 2 is 1.12 bits per heavy atom. The molecule has 0 unspecified atom stereocenters. The summed E-state index contributed by atoms with van der Waals surface area (Å²) in [6, 6.07) is 0. The van der Waals surface area contributed by atoms with E-state index < -0.39 is 17.4 Å². The SMILES string of the molecule is C.C=C(C)C(C)=O.C=C(C)C1(C)OCCO1.CC(C)=C(C)N.CC1(C2(C)OCCO2)OCCO1.Cc1csnc1C. The number of aryl methyl sites for hydroxylation is 2. The molecule has 238 valence electrons. The molecule has 3 saturated heterocycles. The molecule has 1 aromatic rings. The third kappa shape index (κ3) is 14.7. The summed E-state index contributed by atoms with van der Waals surface area (Å²) in [4.78, 5) is 10.0. The van der Waals surface area contributed by atoms with Crippen LogP contribution in [0.15, 0.2) is 41.0 Å². The maximum absolute atomic E-state index is 10.0. The van der Waals surface area contributed by atoms with Crippen LogP contribution in [0.5, 0.6) is 0 Å². The Morgan fingerprint density at radius 3 is 1.27 bits per heavy atom. The van der Waals surface area contributed by atoms with Gasteiger partial charge in [0.1, 0.15) is 0 Å². The molecule has 3 aliphatic rings. The highest BCUT2D eigenvalue weighted by Crippen LogP contribution is 2.37. The lowest BCUT2D eigenvalue weighted by molar-refractivity contribution is -0.329. The average molecular weight is 601 g/mol. The number of ketones is 1. The summed E-state index contributed by atoms with van der Waals surface area (Å²) in [5, 5.41) is 2.05. The lowest BCUT2D eigenvalue weighted by atomic mass is 10.1. The predicted molar refractivity (Wildman–Crippen MR) is 168 cm³/mol. The molecule has 1 aromatic heterocycles. The number of hydrogen-bond donors (Lipinski definition) is 1. The van der Waals surface area contributed by atoms with E-state index in [0.29, 0.717) is 45.2 Å². The zero-order valence-electron chi connectivity index (χ0n) is 26.5. The normalized spacial score (nSPS) is 18.7. The summed E-state index contributed by atoms with van der Waals surface area (Å²) >= 11 is 1.52. The molecule has 0 saturated carbocycles. The zero-order chi connectivity index (χ0) is 31.1. The lowest BCUT2D eigenvalue weighted by Gasteiger charge is -2.36. The van der Waals surface area contributed by atoms with Gasteiger partial charge in [-0.3, -0.25) is 4.79 Å². The third-order valence-electron chi connectivity index (χ3n) is 6.49. The summed E-state index contributed by atoms with van der Waals surface area (Å²) in [5.74, 6) is -1.90. The van der Waals surface area contributed by atoms with Crippen molar-refractivity contribution in [1.29, 1.82) is 0 Å². The zero-order valence-corrected chi connectivity index (χ0v) is 27.3. The molecule has 2 N–H and O–H groups in total. The Kier molecular flexibility index (Phi) is 19.4. The minimum Gasteiger partial charge on any atom is -0.402 e. The molecule has 0 spiro atoms. The highest BCUT2D eigenvalue weighted by atomic mass is 32.1. The predicted octanol–water partition coefficient (Wildman–Crippen LogP) is 6.64. The number of nitrogens with zero attached hydrogens (tertiary/aromatic N) is 1. The average Bonchev–Trinajstić information content (AvgIpc) is 3.68. The Hall–Kier alpha value is -1.92. The van der Waals surface area contributed by atoms with Crippen molar-refractivity contribution in [2.45, 2.75) is 101 Å². The second-order valence-corrected chi connectivity index (χ2v) is 10.9. The first-order valence-electron chi connectivity index (χ1n) is 13.3. The number of allylic oxidation sites excluding steroid dienone is 3. The number of ether oxygens (including phenoxy) is 6. The van der Waals surface area contributed by atoms with Crippen molar-refractivity contribution in [1.82, 2.24) is 4.37 Å². The van der Waals surface area contributed by atoms with E-state index in [2.05, 4.69) is 29.8 Å². The van der Waals surface area contributed by atoms with E-state index in [1.165, 1.54) is 29.6 Å². The van der Waals surface area contributed by atoms with E-state index in [0.717, 1.165) is 17.0 Å². The van der Waals surface area contributed by atoms with Crippen LogP contribution >= 0.6 is 11.5 Å². The molecule has 3 fully saturated rings. The van der Waals surface area contributed by atoms with Gasteiger partial charge in [0.25, 0.3) is 0 Å². The van der Waals surface area contributed by atoms with Gasteiger partial charge in [0.15, 0.2) is 11.6 Å². The van der Waals surface area contributed by atoms with Gasteiger partial charge in [-0.15, -0.1) is 0 Å². The van der Waals surface area contributed by atoms with Crippen molar-refractivity contribution >= 4 is 17.3 Å². The van der Waals surface area contributed by atoms with Gasteiger partial charge in [-0.2, -0.15) is 4.37 Å². The van der Waals surface area contributed by atoms with E-state index in [4.69, 9.17) is 34.2 Å². The van der Waals surface area contributed by atoms with Crippen LogP contribution in [0.2, 0.25) is 0 Å². The number of Topliss-reactive ketones (excluding diaryl/α,β-unsaturated/α-hetero) is 1. The minimum absolute atomic E-state index is 0. The maximum Gasteiger partial charge on any atom is 0.220 e. The van der Waals surface area contributed by atoms with Gasteiger partial charge < -0.3 is 34.2 Å². The Labute approximate surface area is 253 Å². The number of aromatic nitrogens is 1. The Morgan fingerprint density at radius 1 is 0.805 bits per heavy atom. The molecule has 0 bridgehead atoms. The topological polar surface area (TPSA) is 111 Å². The van der Waals surface area contributed by atoms with Crippen LogP contribution in [-0.2, 0) is 33.2 Å². The van der Waals surface area contributed by atoms with Crippen molar-refractivity contribution in [2.24, 2.45) is 5.73 Å². The fraction of sp³-hybridized carbons (Fsp3) is 0.677. The molecule has 9 nitrogen and oxygen atoms in total. The number of rotatable bonds is 3. The quantitative estimate of drug-likeness (QED) is 0.301. The van der Waals surface area contributed by atoms with Crippen LogP contribution in [0.3, 0.4) is 0 Å². The molecular formula is C31H56N2O7S. The second-order valence-electron chi connectivity index (χ2n) is 10.3. The van der Waals surface area contributed by atoms with Crippen molar-refractivity contribution < 1.29 is 33.2 Å². The molecule has 0 amide bonds. The number of hydrogen-bond acceptors (Lipinski definition) is 10. The molecule has 0 atom stereocenters. The monoisotopic (exact) mass is 600 g/mol. The molecule has 10 heteroatoms. The lowest BCUT2D eigenvalue weighted by Crippen LogP contribution is -2.51. The van der Waals surface area contributed by atoms with Gasteiger partial charge >= 0.3 is 0 Å². The highest BCUT2D eigenvalue weighted by Gasteiger charge is 2.54. The maximum atomic E-state index is 10.0. The van der Waals surface area contributed by atoms with Gasteiger partial charge in [0, 0.05) is 11.1 Å². The van der Waals surface area contributed by atoms with E-state index >= 15 is 0 Å². The fourth-order valence-corrected chi connectivity index (χ4v) is 3.34. The van der Waals surface area contributed by atoms with Crippen LogP contribution in [0, 0.1) is 13.8 Å². The molecule has 4 rings (SSSR count). The molecule has 0 aliphatic carbocycles. The standard InChI is InChI=1S/C8H14O4.C7H12O2.C5H7NS.C5H11N.C5H8O.CH4/c1-7(9-3-4-10-7)8(2)11-5-6-12-8;1-6(2)7(3)8-4-5-9-7;1-4-3-7-6-5(4)2;2*1-4(2)5(3)6;/h3-6H2,1-2H3;1,4-5H2,2-3H3;3H,1-2H3;6H2,1-3H3;1H2,2-3H3;1H4. The Bertz CT molecular complexity index is 902. The molecule has 0 aromatic carbocycles. The summed E-state index contributed by atoms with van der Waals surface area (Å²) in [5.41, 5.74) is 11.4. The Balaban J connectivity index is 0. The van der Waals surface area contributed by atoms with Gasteiger partial charge in [0.05, 0.1) is 45.3 Å². The van der Waals surface area contributed by atoms with Crippen LogP contribution in [-0.4, -0.2) is 67.2 Å². The molecule has 3 aliphatic heterocycles. The van der Waals surface area contributed by atoms with Crippen LogP contribution in [0.4, 0.5) is 0 Å². The first kappa shape index (κ1) is 41.2. The summed E-state index contributed by atoms with van der Waals surface area (Å²) in [6.45, 7) is 31.7. The number of nitrogens with two attached hydrogens (primary N) is 1. The number of carbonyl (C=O) groups is 1. The highest BCUT2D eigenvalue weighted by molar-refractivity contribution is 7.03. The van der Waals surface area contributed by atoms with Crippen LogP contribution in [0.1, 0.15) is 81.0 Å².